The van der Waals surface area contributed by atoms with E-state index in [1.807, 2.05) is 56.3 Å². The molecule has 2 aromatic rings. The molecule has 1 aliphatic rings. The molecule has 1 atom stereocenters. The maximum Gasteiger partial charge on any atom is 0.295 e. The van der Waals surface area contributed by atoms with Crippen LogP contribution in [-0.2, 0) is 9.59 Å². The third-order valence-corrected chi connectivity index (χ3v) is 5.49. The molecule has 1 aliphatic heterocycles. The number of ether oxygens (including phenoxy) is 1. The zero-order valence-corrected chi connectivity index (χ0v) is 18.7. The summed E-state index contributed by atoms with van der Waals surface area (Å²) in [6.07, 6.45) is 0.698. The van der Waals surface area contributed by atoms with Gasteiger partial charge in [-0.3, -0.25) is 9.59 Å². The second-order valence-electron chi connectivity index (χ2n) is 7.63. The third kappa shape index (κ3) is 4.92. The monoisotopic (exact) mass is 442 g/mol. The molecule has 0 aromatic heterocycles. The highest BCUT2D eigenvalue weighted by Crippen LogP contribution is 2.41. The second-order valence-corrected chi connectivity index (χ2v) is 8.04. The standard InChI is InChI=1S/C24H27ClN2O4/c1-4-31-17-11-12-19(25)18(15-17)22(28)20-21(16-9-6-5-7-10-16)27(24(30)23(20)29)14-8-13-26(2)3/h5-7,9-12,15,21,28H,4,8,13-14H2,1-3H3/b22-20+. The van der Waals surface area contributed by atoms with Crippen LogP contribution in [0.2, 0.25) is 5.02 Å². The van der Waals surface area contributed by atoms with Gasteiger partial charge in [0.1, 0.15) is 11.5 Å². The number of hydrogen-bond acceptors (Lipinski definition) is 5. The van der Waals surface area contributed by atoms with Crippen LogP contribution in [0.15, 0.2) is 54.1 Å². The van der Waals surface area contributed by atoms with E-state index in [0.717, 1.165) is 12.1 Å². The normalized spacial score (nSPS) is 18.1. The second kappa shape index (κ2) is 9.98. The van der Waals surface area contributed by atoms with Gasteiger partial charge in [-0.25, -0.2) is 0 Å². The van der Waals surface area contributed by atoms with Crippen molar-refractivity contribution in [1.82, 2.24) is 9.80 Å². The molecule has 3 rings (SSSR count). The number of amides is 1. The van der Waals surface area contributed by atoms with Crippen LogP contribution in [0, 0.1) is 0 Å². The minimum Gasteiger partial charge on any atom is -0.507 e. The summed E-state index contributed by atoms with van der Waals surface area (Å²) in [6.45, 7) is 3.46. The predicted octanol–water partition coefficient (Wildman–Crippen LogP) is 4.11. The van der Waals surface area contributed by atoms with E-state index in [1.54, 1.807) is 18.2 Å². The molecule has 0 bridgehead atoms. The number of benzene rings is 2. The fourth-order valence-electron chi connectivity index (χ4n) is 3.74. The summed E-state index contributed by atoms with van der Waals surface area (Å²) in [6, 6.07) is 13.4. The highest BCUT2D eigenvalue weighted by Gasteiger charge is 2.45. The van der Waals surface area contributed by atoms with Crippen molar-refractivity contribution < 1.29 is 19.4 Å². The molecule has 1 N–H and O–H groups in total. The lowest BCUT2D eigenvalue weighted by Crippen LogP contribution is -2.32. The van der Waals surface area contributed by atoms with E-state index in [1.165, 1.54) is 4.90 Å². The lowest BCUT2D eigenvalue weighted by Gasteiger charge is -2.26. The minimum absolute atomic E-state index is 0.0385. The van der Waals surface area contributed by atoms with E-state index in [0.29, 0.717) is 25.3 Å². The summed E-state index contributed by atoms with van der Waals surface area (Å²) < 4.78 is 5.51. The smallest absolute Gasteiger partial charge is 0.295 e. The molecule has 7 heteroatoms. The SMILES string of the molecule is CCOc1ccc(Cl)c(/C(O)=C2\C(=O)C(=O)N(CCCN(C)C)C2c2ccccc2)c1. The first kappa shape index (κ1) is 22.8. The molecular formula is C24H27ClN2O4. The van der Waals surface area contributed by atoms with Crippen molar-refractivity contribution in [3.8, 4) is 5.75 Å². The first-order valence-electron chi connectivity index (χ1n) is 10.3. The van der Waals surface area contributed by atoms with Gasteiger partial charge in [-0.1, -0.05) is 41.9 Å². The van der Waals surface area contributed by atoms with Gasteiger partial charge in [-0.2, -0.15) is 0 Å². The van der Waals surface area contributed by atoms with Crippen molar-refractivity contribution in [2.45, 2.75) is 19.4 Å². The predicted molar refractivity (Wildman–Crippen MR) is 121 cm³/mol. The van der Waals surface area contributed by atoms with Crippen molar-refractivity contribution in [2.24, 2.45) is 0 Å². The number of halogens is 1. The van der Waals surface area contributed by atoms with Crippen LogP contribution in [0.3, 0.4) is 0 Å². The molecule has 0 spiro atoms. The Morgan fingerprint density at radius 2 is 1.87 bits per heavy atom. The van der Waals surface area contributed by atoms with Crippen LogP contribution in [0.5, 0.6) is 5.75 Å². The van der Waals surface area contributed by atoms with E-state index in [-0.39, 0.29) is 21.9 Å². The summed E-state index contributed by atoms with van der Waals surface area (Å²) >= 11 is 6.34. The molecule has 1 amide bonds. The number of hydrogen-bond donors (Lipinski definition) is 1. The highest BCUT2D eigenvalue weighted by atomic mass is 35.5. The van der Waals surface area contributed by atoms with Gasteiger partial charge in [0.15, 0.2) is 0 Å². The average molecular weight is 443 g/mol. The number of aliphatic hydroxyl groups excluding tert-OH is 1. The average Bonchev–Trinajstić information content (AvgIpc) is 3.00. The van der Waals surface area contributed by atoms with Crippen LogP contribution < -0.4 is 4.74 Å². The highest BCUT2D eigenvalue weighted by molar-refractivity contribution is 6.47. The summed E-state index contributed by atoms with van der Waals surface area (Å²) in [5, 5.41) is 11.4. The molecule has 1 unspecified atom stereocenters. The van der Waals surface area contributed by atoms with Gasteiger partial charge in [0.2, 0.25) is 0 Å². The van der Waals surface area contributed by atoms with Crippen molar-refractivity contribution in [1.29, 1.82) is 0 Å². The first-order chi connectivity index (χ1) is 14.8. The third-order valence-electron chi connectivity index (χ3n) is 5.16. The Labute approximate surface area is 187 Å². The molecule has 1 heterocycles. The van der Waals surface area contributed by atoms with Gasteiger partial charge >= 0.3 is 0 Å². The number of aliphatic hydroxyl groups is 1. The van der Waals surface area contributed by atoms with Crippen LogP contribution in [-0.4, -0.2) is 60.4 Å². The fourth-order valence-corrected chi connectivity index (χ4v) is 3.94. The Morgan fingerprint density at radius 3 is 2.52 bits per heavy atom. The van der Waals surface area contributed by atoms with Gasteiger partial charge in [0.05, 0.1) is 23.2 Å². The number of carbonyl (C=O) groups excluding carboxylic acids is 2. The van der Waals surface area contributed by atoms with Gasteiger partial charge in [0.25, 0.3) is 11.7 Å². The molecule has 1 saturated heterocycles. The van der Waals surface area contributed by atoms with E-state index in [4.69, 9.17) is 16.3 Å². The van der Waals surface area contributed by atoms with E-state index in [9.17, 15) is 14.7 Å². The number of likely N-dealkylation sites (tertiary alicyclic amines) is 1. The zero-order chi connectivity index (χ0) is 22.5. The lowest BCUT2D eigenvalue weighted by molar-refractivity contribution is -0.139. The summed E-state index contributed by atoms with van der Waals surface area (Å²) in [7, 11) is 3.91. The molecular weight excluding hydrogens is 416 g/mol. The Morgan fingerprint density at radius 1 is 1.16 bits per heavy atom. The number of rotatable bonds is 8. The van der Waals surface area contributed by atoms with Gasteiger partial charge in [-0.15, -0.1) is 0 Å². The largest absolute Gasteiger partial charge is 0.507 e. The fraction of sp³-hybridized carbons (Fsp3) is 0.333. The number of ketones is 1. The molecule has 2 aromatic carbocycles. The van der Waals surface area contributed by atoms with Crippen molar-refractivity contribution in [2.75, 3.05) is 33.8 Å². The van der Waals surface area contributed by atoms with Gasteiger partial charge < -0.3 is 19.6 Å². The molecule has 6 nitrogen and oxygen atoms in total. The first-order valence-corrected chi connectivity index (χ1v) is 10.6. The summed E-state index contributed by atoms with van der Waals surface area (Å²) in [5.74, 6) is -1.11. The van der Waals surface area contributed by atoms with Crippen LogP contribution in [0.25, 0.3) is 5.76 Å². The maximum absolute atomic E-state index is 13.0. The molecule has 164 valence electrons. The van der Waals surface area contributed by atoms with Crippen molar-refractivity contribution >= 4 is 29.1 Å². The molecule has 0 saturated carbocycles. The van der Waals surface area contributed by atoms with Crippen molar-refractivity contribution in [3.63, 3.8) is 0 Å². The van der Waals surface area contributed by atoms with Crippen molar-refractivity contribution in [3.05, 3.63) is 70.3 Å². The Hall–Kier alpha value is -2.83. The molecule has 0 aliphatic carbocycles. The molecule has 1 fully saturated rings. The van der Waals surface area contributed by atoms with E-state index < -0.39 is 17.7 Å². The minimum atomic E-state index is -0.714. The van der Waals surface area contributed by atoms with E-state index in [2.05, 4.69) is 0 Å². The van der Waals surface area contributed by atoms with E-state index >= 15 is 0 Å². The maximum atomic E-state index is 13.0. The summed E-state index contributed by atoms with van der Waals surface area (Å²) in [4.78, 5) is 29.5. The van der Waals surface area contributed by atoms with Crippen LogP contribution >= 0.6 is 11.6 Å². The Kier molecular flexibility index (Phi) is 7.36. The van der Waals surface area contributed by atoms with Gasteiger partial charge in [-0.05, 0) is 57.7 Å². The van der Waals surface area contributed by atoms with Crippen LogP contribution in [0.1, 0.15) is 30.5 Å². The Balaban J connectivity index is 2.11. The topological polar surface area (TPSA) is 70.1 Å². The number of Topliss-reactive ketones (excluding diaryl/α,β-unsaturated/α-hetero) is 1. The molecule has 0 radical (unpaired) electrons. The number of carbonyl (C=O) groups is 2. The zero-order valence-electron chi connectivity index (χ0n) is 18.0. The van der Waals surface area contributed by atoms with Crippen LogP contribution in [0.4, 0.5) is 0 Å². The quantitative estimate of drug-likeness (QED) is 0.378. The summed E-state index contributed by atoms with van der Waals surface area (Å²) in [5.41, 5.74) is 1.06. The lowest BCUT2D eigenvalue weighted by atomic mass is 9.95. The molecule has 31 heavy (non-hydrogen) atoms. The van der Waals surface area contributed by atoms with Gasteiger partial charge in [0, 0.05) is 12.1 Å². The Bertz CT molecular complexity index is 988. The number of nitrogens with zero attached hydrogens (tertiary/aromatic N) is 2.